The van der Waals surface area contributed by atoms with E-state index in [0.717, 1.165) is 28.2 Å². The Bertz CT molecular complexity index is 777. The minimum Gasteiger partial charge on any atom is -0.340 e. The fourth-order valence-corrected chi connectivity index (χ4v) is 2.71. The van der Waals surface area contributed by atoms with Gasteiger partial charge in [0.05, 0.1) is 0 Å². The van der Waals surface area contributed by atoms with Gasteiger partial charge >= 0.3 is 0 Å². The van der Waals surface area contributed by atoms with Crippen molar-refractivity contribution in [2.45, 2.75) is 6.92 Å². The average molecular weight is 369 g/mol. The molecule has 0 radical (unpaired) electrons. The van der Waals surface area contributed by atoms with Gasteiger partial charge in [0.15, 0.2) is 0 Å². The zero-order chi connectivity index (χ0) is 16.1. The number of nitrogens with one attached hydrogen (secondary N) is 1. The highest BCUT2D eigenvalue weighted by atomic mass is 79.9. The third kappa shape index (κ3) is 3.87. The number of aromatic nitrogens is 2. The van der Waals surface area contributed by atoms with E-state index in [0.29, 0.717) is 5.95 Å². The van der Waals surface area contributed by atoms with Crippen LogP contribution in [-0.4, -0.2) is 16.5 Å². The Morgan fingerprint density at radius 3 is 2.61 bits per heavy atom. The Balaban J connectivity index is 1.87. The quantitative estimate of drug-likeness (QED) is 0.676. The van der Waals surface area contributed by atoms with Crippen LogP contribution in [0.4, 0.5) is 23.1 Å². The van der Waals surface area contributed by atoms with Crippen LogP contribution in [0.1, 0.15) is 6.92 Å². The molecule has 23 heavy (non-hydrogen) atoms. The van der Waals surface area contributed by atoms with Crippen molar-refractivity contribution >= 4 is 39.1 Å². The third-order valence-electron chi connectivity index (χ3n) is 3.37. The maximum Gasteiger partial charge on any atom is 0.231 e. The van der Waals surface area contributed by atoms with Crippen LogP contribution in [-0.2, 0) is 0 Å². The summed E-state index contributed by atoms with van der Waals surface area (Å²) in [5.74, 6) is 1.45. The van der Waals surface area contributed by atoms with Crippen molar-refractivity contribution in [1.82, 2.24) is 9.97 Å². The first-order chi connectivity index (χ1) is 11.3. The molecule has 0 atom stereocenters. The normalized spacial score (nSPS) is 10.3. The van der Waals surface area contributed by atoms with E-state index in [1.165, 1.54) is 0 Å². The van der Waals surface area contributed by atoms with Crippen LogP contribution in [0.2, 0.25) is 0 Å². The summed E-state index contributed by atoms with van der Waals surface area (Å²) in [6.45, 7) is 2.88. The predicted octanol–water partition coefficient (Wildman–Crippen LogP) is 5.14. The lowest BCUT2D eigenvalue weighted by molar-refractivity contribution is 0.948. The van der Waals surface area contributed by atoms with Crippen molar-refractivity contribution in [3.05, 3.63) is 71.3 Å². The Morgan fingerprint density at radius 2 is 1.87 bits per heavy atom. The molecule has 0 aliphatic rings. The molecule has 1 aromatic heterocycles. The first-order valence-electron chi connectivity index (χ1n) is 7.44. The van der Waals surface area contributed by atoms with E-state index < -0.39 is 0 Å². The number of anilines is 4. The van der Waals surface area contributed by atoms with Gasteiger partial charge in [-0.05, 0) is 43.3 Å². The first kappa shape index (κ1) is 15.5. The molecule has 0 aliphatic heterocycles. The number of halogens is 1. The minimum atomic E-state index is 0.679. The summed E-state index contributed by atoms with van der Waals surface area (Å²) < 4.78 is 1.02. The van der Waals surface area contributed by atoms with Gasteiger partial charge in [-0.2, -0.15) is 4.98 Å². The standard InChI is InChI=1S/C18H17BrN4/c1-2-23(16-9-4-3-5-10-16)18-20-12-11-17(22-18)21-15-8-6-7-14(19)13-15/h3-13H,2H2,1H3,(H,20,21,22). The van der Waals surface area contributed by atoms with Gasteiger partial charge in [-0.15, -0.1) is 0 Å². The van der Waals surface area contributed by atoms with Crippen LogP contribution in [0.25, 0.3) is 0 Å². The summed E-state index contributed by atoms with van der Waals surface area (Å²) in [6, 6.07) is 20.0. The van der Waals surface area contributed by atoms with Gasteiger partial charge in [0, 0.05) is 28.6 Å². The van der Waals surface area contributed by atoms with Crippen LogP contribution in [0.15, 0.2) is 71.3 Å². The van der Waals surface area contributed by atoms with E-state index in [1.807, 2.05) is 48.5 Å². The molecule has 3 aromatic rings. The smallest absolute Gasteiger partial charge is 0.231 e. The molecular formula is C18H17BrN4. The summed E-state index contributed by atoms with van der Waals surface area (Å²) in [6.07, 6.45) is 1.77. The van der Waals surface area contributed by atoms with Gasteiger partial charge < -0.3 is 10.2 Å². The number of nitrogens with zero attached hydrogens (tertiary/aromatic N) is 3. The van der Waals surface area contributed by atoms with Crippen LogP contribution in [0.3, 0.4) is 0 Å². The Morgan fingerprint density at radius 1 is 1.04 bits per heavy atom. The summed E-state index contributed by atoms with van der Waals surface area (Å²) >= 11 is 3.47. The molecule has 2 aromatic carbocycles. The summed E-state index contributed by atoms with van der Waals surface area (Å²) in [5.41, 5.74) is 2.06. The fourth-order valence-electron chi connectivity index (χ4n) is 2.31. The highest BCUT2D eigenvalue weighted by Crippen LogP contribution is 2.24. The van der Waals surface area contributed by atoms with Gasteiger partial charge in [-0.1, -0.05) is 40.2 Å². The zero-order valence-electron chi connectivity index (χ0n) is 12.8. The molecule has 0 spiro atoms. The second-order valence-electron chi connectivity index (χ2n) is 4.96. The summed E-state index contributed by atoms with van der Waals surface area (Å²) in [5, 5.41) is 3.31. The predicted molar refractivity (Wildman–Crippen MR) is 98.6 cm³/mol. The van der Waals surface area contributed by atoms with E-state index >= 15 is 0 Å². The second-order valence-corrected chi connectivity index (χ2v) is 5.87. The van der Waals surface area contributed by atoms with Crippen molar-refractivity contribution in [2.24, 2.45) is 0 Å². The molecule has 0 saturated heterocycles. The number of rotatable bonds is 5. The molecule has 116 valence electrons. The van der Waals surface area contributed by atoms with Gasteiger partial charge in [0.1, 0.15) is 5.82 Å². The maximum absolute atomic E-state index is 4.63. The zero-order valence-corrected chi connectivity index (χ0v) is 14.4. The molecule has 0 saturated carbocycles. The number of benzene rings is 2. The lowest BCUT2D eigenvalue weighted by atomic mass is 10.3. The third-order valence-corrected chi connectivity index (χ3v) is 3.86. The molecule has 1 heterocycles. The van der Waals surface area contributed by atoms with E-state index in [1.54, 1.807) is 6.20 Å². The molecule has 4 nitrogen and oxygen atoms in total. The first-order valence-corrected chi connectivity index (χ1v) is 8.24. The van der Waals surface area contributed by atoms with E-state index in [-0.39, 0.29) is 0 Å². The topological polar surface area (TPSA) is 41.1 Å². The summed E-state index contributed by atoms with van der Waals surface area (Å²) in [7, 11) is 0. The van der Waals surface area contributed by atoms with Gasteiger partial charge in [-0.3, -0.25) is 0 Å². The Hall–Kier alpha value is -2.40. The highest BCUT2D eigenvalue weighted by molar-refractivity contribution is 9.10. The van der Waals surface area contributed by atoms with E-state index in [9.17, 15) is 0 Å². The van der Waals surface area contributed by atoms with Crippen LogP contribution in [0.5, 0.6) is 0 Å². The maximum atomic E-state index is 4.63. The average Bonchev–Trinajstić information content (AvgIpc) is 2.57. The van der Waals surface area contributed by atoms with Crippen molar-refractivity contribution in [2.75, 3.05) is 16.8 Å². The molecule has 0 aliphatic carbocycles. The molecule has 0 unspecified atom stereocenters. The van der Waals surface area contributed by atoms with Crippen LogP contribution >= 0.6 is 15.9 Å². The highest BCUT2D eigenvalue weighted by Gasteiger charge is 2.10. The number of hydrogen-bond donors (Lipinski definition) is 1. The van der Waals surface area contributed by atoms with Gasteiger partial charge in [-0.25, -0.2) is 4.98 Å². The Labute approximate surface area is 144 Å². The molecule has 3 rings (SSSR count). The van der Waals surface area contributed by atoms with E-state index in [2.05, 4.69) is 55.2 Å². The molecule has 0 bridgehead atoms. The molecule has 0 fully saturated rings. The fraction of sp³-hybridized carbons (Fsp3) is 0.111. The summed E-state index contributed by atoms with van der Waals surface area (Å²) in [4.78, 5) is 11.1. The lowest BCUT2D eigenvalue weighted by Crippen LogP contribution is -2.18. The van der Waals surface area contributed by atoms with Gasteiger partial charge in [0.25, 0.3) is 0 Å². The number of hydrogen-bond acceptors (Lipinski definition) is 4. The molecule has 0 amide bonds. The Kier molecular flexibility index (Phi) is 4.88. The monoisotopic (exact) mass is 368 g/mol. The molecular weight excluding hydrogens is 352 g/mol. The minimum absolute atomic E-state index is 0.679. The second kappa shape index (κ2) is 7.24. The van der Waals surface area contributed by atoms with Crippen molar-refractivity contribution < 1.29 is 0 Å². The molecule has 5 heteroatoms. The lowest BCUT2D eigenvalue weighted by Gasteiger charge is -2.21. The molecule has 1 N–H and O–H groups in total. The van der Waals surface area contributed by atoms with Crippen molar-refractivity contribution in [1.29, 1.82) is 0 Å². The van der Waals surface area contributed by atoms with Gasteiger partial charge in [0.2, 0.25) is 5.95 Å². The SMILES string of the molecule is CCN(c1ccccc1)c1nccc(Nc2cccc(Br)c2)n1. The largest absolute Gasteiger partial charge is 0.340 e. The van der Waals surface area contributed by atoms with Crippen molar-refractivity contribution in [3.63, 3.8) is 0 Å². The number of para-hydroxylation sites is 1. The van der Waals surface area contributed by atoms with E-state index in [4.69, 9.17) is 0 Å². The van der Waals surface area contributed by atoms with Crippen LogP contribution < -0.4 is 10.2 Å². The van der Waals surface area contributed by atoms with Crippen molar-refractivity contribution in [3.8, 4) is 0 Å². The van der Waals surface area contributed by atoms with Crippen LogP contribution in [0, 0.1) is 0 Å².